The standard InChI is InChI=1S/C25H28O12/c1-11-16(34-15-6-12-4-2-3-5-14(12)35-22(15)31)7-25(32)13(8-26)10-33-23(18(11)25)37-24-21(30)20(29)19(28)17(9-27)36-24/h2-5,8,10,15-21,23-24,27-30,32H,1,6-7,9H2/t15?,16-,17+,18?,19+,20-,21+,23-,24-,25-/m0/s1. The first-order chi connectivity index (χ1) is 17.7. The summed E-state index contributed by atoms with van der Waals surface area (Å²) in [5.41, 5.74) is -0.921. The molecule has 200 valence electrons. The molecule has 3 aliphatic heterocycles. The van der Waals surface area contributed by atoms with E-state index >= 15 is 0 Å². The number of aliphatic hydroxyl groups excluding tert-OH is 4. The molecule has 0 spiro atoms. The molecule has 0 aromatic heterocycles. The van der Waals surface area contributed by atoms with Gasteiger partial charge in [0.1, 0.15) is 35.8 Å². The molecule has 4 aliphatic rings. The molecule has 1 saturated carbocycles. The van der Waals surface area contributed by atoms with Gasteiger partial charge in [-0.3, -0.25) is 4.79 Å². The lowest BCUT2D eigenvalue weighted by atomic mass is 9.81. The van der Waals surface area contributed by atoms with Crippen molar-refractivity contribution in [1.29, 1.82) is 0 Å². The fraction of sp³-hybridized carbons (Fsp3) is 0.520. The molecule has 0 bridgehead atoms. The second kappa shape index (κ2) is 9.89. The number of ether oxygens (including phenoxy) is 5. The van der Waals surface area contributed by atoms with Crippen LogP contribution in [0.3, 0.4) is 0 Å². The highest BCUT2D eigenvalue weighted by Gasteiger charge is 2.59. The summed E-state index contributed by atoms with van der Waals surface area (Å²) in [6.07, 6.45) is -9.52. The predicted molar refractivity (Wildman–Crippen MR) is 121 cm³/mol. The number of para-hydroxylation sites is 1. The van der Waals surface area contributed by atoms with E-state index in [0.717, 1.165) is 11.8 Å². The Labute approximate surface area is 211 Å². The highest BCUT2D eigenvalue weighted by Crippen LogP contribution is 2.50. The van der Waals surface area contributed by atoms with Gasteiger partial charge in [0.05, 0.1) is 30.5 Å². The van der Waals surface area contributed by atoms with Crippen LogP contribution in [-0.4, -0.2) is 99.2 Å². The van der Waals surface area contributed by atoms with Crippen molar-refractivity contribution in [3.05, 3.63) is 53.8 Å². The Hall–Kier alpha value is -2.68. The van der Waals surface area contributed by atoms with Crippen LogP contribution in [0.2, 0.25) is 0 Å². The predicted octanol–water partition coefficient (Wildman–Crippen LogP) is -1.54. The molecule has 3 heterocycles. The normalized spacial score (nSPS) is 41.2. The van der Waals surface area contributed by atoms with Crippen LogP contribution in [0.1, 0.15) is 12.0 Å². The largest absolute Gasteiger partial charge is 0.471 e. The lowest BCUT2D eigenvalue weighted by molar-refractivity contribution is -0.342. The number of esters is 1. The van der Waals surface area contributed by atoms with Crippen molar-refractivity contribution < 1.29 is 58.8 Å². The van der Waals surface area contributed by atoms with Crippen LogP contribution >= 0.6 is 0 Å². The zero-order chi connectivity index (χ0) is 26.5. The van der Waals surface area contributed by atoms with Crippen LogP contribution in [0.25, 0.3) is 0 Å². The average molecular weight is 520 g/mol. The summed E-state index contributed by atoms with van der Waals surface area (Å²) in [6, 6.07) is 7.03. The van der Waals surface area contributed by atoms with E-state index in [9.17, 15) is 35.1 Å². The van der Waals surface area contributed by atoms with Crippen LogP contribution in [0.4, 0.5) is 0 Å². The van der Waals surface area contributed by atoms with Crippen molar-refractivity contribution >= 4 is 12.3 Å². The molecule has 1 aromatic carbocycles. The minimum Gasteiger partial charge on any atom is -0.471 e. The molecule has 37 heavy (non-hydrogen) atoms. The monoisotopic (exact) mass is 520 g/mol. The van der Waals surface area contributed by atoms with E-state index in [2.05, 4.69) is 6.58 Å². The van der Waals surface area contributed by atoms with Gasteiger partial charge in [0, 0.05) is 12.8 Å². The molecule has 1 aromatic rings. The van der Waals surface area contributed by atoms with Crippen molar-refractivity contribution in [3.8, 4) is 5.75 Å². The second-order valence-corrected chi connectivity index (χ2v) is 9.56. The number of fused-ring (bicyclic) bond motifs is 2. The van der Waals surface area contributed by atoms with Gasteiger partial charge in [0.25, 0.3) is 0 Å². The average Bonchev–Trinajstić information content (AvgIpc) is 3.15. The van der Waals surface area contributed by atoms with E-state index in [-0.39, 0.29) is 24.0 Å². The maximum absolute atomic E-state index is 12.6. The SMILES string of the molecule is C=C1C2[C@H](O[C@@H]3O[C@H](CO)[C@@H](O)[C@H](O)[C@H]3O)OC=C(C=O)[C@@]2(O)C[C@@H]1OC1Cc2ccccc2OC1=O. The Morgan fingerprint density at radius 3 is 2.57 bits per heavy atom. The van der Waals surface area contributed by atoms with Crippen LogP contribution in [0.15, 0.2) is 48.3 Å². The van der Waals surface area contributed by atoms with E-state index < -0.39 is 73.3 Å². The van der Waals surface area contributed by atoms with Crippen LogP contribution < -0.4 is 4.74 Å². The van der Waals surface area contributed by atoms with E-state index in [0.29, 0.717) is 12.0 Å². The molecule has 2 unspecified atom stereocenters. The Balaban J connectivity index is 1.36. The number of aliphatic hydroxyl groups is 5. The third-order valence-electron chi connectivity index (χ3n) is 7.35. The van der Waals surface area contributed by atoms with Crippen molar-refractivity contribution in [2.24, 2.45) is 5.92 Å². The third-order valence-corrected chi connectivity index (χ3v) is 7.35. The summed E-state index contributed by atoms with van der Waals surface area (Å²) in [5, 5.41) is 51.5. The topological polar surface area (TPSA) is 181 Å². The summed E-state index contributed by atoms with van der Waals surface area (Å²) in [6.45, 7) is 3.35. The molecular formula is C25H28O12. The Kier molecular flexibility index (Phi) is 6.94. The molecular weight excluding hydrogens is 492 g/mol. The van der Waals surface area contributed by atoms with Gasteiger partial charge in [-0.05, 0) is 17.2 Å². The van der Waals surface area contributed by atoms with Gasteiger partial charge >= 0.3 is 5.97 Å². The minimum absolute atomic E-state index is 0.102. The number of carbonyl (C=O) groups excluding carboxylic acids is 2. The summed E-state index contributed by atoms with van der Waals surface area (Å²) >= 11 is 0. The van der Waals surface area contributed by atoms with E-state index in [4.69, 9.17) is 23.7 Å². The highest BCUT2D eigenvalue weighted by molar-refractivity contribution is 5.80. The van der Waals surface area contributed by atoms with Gasteiger partial charge in [-0.1, -0.05) is 24.8 Å². The lowest BCUT2D eigenvalue weighted by Crippen LogP contribution is -2.60. The first-order valence-corrected chi connectivity index (χ1v) is 11.8. The van der Waals surface area contributed by atoms with Gasteiger partial charge < -0.3 is 49.2 Å². The van der Waals surface area contributed by atoms with Crippen molar-refractivity contribution in [1.82, 2.24) is 0 Å². The van der Waals surface area contributed by atoms with Crippen LogP contribution in [0.5, 0.6) is 5.75 Å². The molecule has 2 fully saturated rings. The van der Waals surface area contributed by atoms with Gasteiger partial charge in [-0.25, -0.2) is 4.79 Å². The summed E-state index contributed by atoms with van der Waals surface area (Å²) < 4.78 is 28.1. The number of hydrogen-bond donors (Lipinski definition) is 5. The third kappa shape index (κ3) is 4.39. The van der Waals surface area contributed by atoms with Crippen molar-refractivity contribution in [2.45, 2.75) is 67.6 Å². The molecule has 5 rings (SSSR count). The van der Waals surface area contributed by atoms with E-state index in [1.54, 1.807) is 24.3 Å². The fourth-order valence-corrected chi connectivity index (χ4v) is 5.29. The molecule has 1 saturated heterocycles. The van der Waals surface area contributed by atoms with Gasteiger partial charge in [0.2, 0.25) is 6.29 Å². The fourth-order valence-electron chi connectivity index (χ4n) is 5.29. The van der Waals surface area contributed by atoms with Crippen molar-refractivity contribution in [2.75, 3.05) is 6.61 Å². The Morgan fingerprint density at radius 2 is 1.84 bits per heavy atom. The Bertz CT molecular complexity index is 1100. The van der Waals surface area contributed by atoms with Crippen LogP contribution in [-0.2, 0) is 35.0 Å². The first kappa shape index (κ1) is 25.9. The summed E-state index contributed by atoms with van der Waals surface area (Å²) in [7, 11) is 0. The first-order valence-electron chi connectivity index (χ1n) is 11.8. The lowest BCUT2D eigenvalue weighted by Gasteiger charge is -2.44. The number of aldehydes is 1. The molecule has 0 radical (unpaired) electrons. The minimum atomic E-state index is -1.85. The molecule has 0 amide bonds. The zero-order valence-electron chi connectivity index (χ0n) is 19.6. The highest BCUT2D eigenvalue weighted by atomic mass is 16.8. The second-order valence-electron chi connectivity index (χ2n) is 9.56. The molecule has 5 N–H and O–H groups in total. The quantitative estimate of drug-likeness (QED) is 0.126. The maximum Gasteiger partial charge on any atom is 0.341 e. The van der Waals surface area contributed by atoms with E-state index in [1.165, 1.54) is 0 Å². The number of benzene rings is 1. The van der Waals surface area contributed by atoms with Crippen LogP contribution in [0, 0.1) is 5.92 Å². The Morgan fingerprint density at radius 1 is 1.08 bits per heavy atom. The molecule has 12 nitrogen and oxygen atoms in total. The molecule has 12 heteroatoms. The van der Waals surface area contributed by atoms with E-state index in [1.807, 2.05) is 0 Å². The van der Waals surface area contributed by atoms with Gasteiger partial charge in [0.15, 0.2) is 18.7 Å². The van der Waals surface area contributed by atoms with Crippen molar-refractivity contribution in [3.63, 3.8) is 0 Å². The smallest absolute Gasteiger partial charge is 0.341 e. The molecule has 10 atom stereocenters. The summed E-state index contributed by atoms with van der Waals surface area (Å²) in [4.78, 5) is 24.3. The van der Waals surface area contributed by atoms with Gasteiger partial charge in [-0.2, -0.15) is 0 Å². The zero-order valence-corrected chi connectivity index (χ0v) is 19.6. The number of rotatable bonds is 6. The molecule has 1 aliphatic carbocycles. The summed E-state index contributed by atoms with van der Waals surface area (Å²) in [5.74, 6) is -1.26. The maximum atomic E-state index is 12.6. The number of carbonyl (C=O) groups is 2. The number of hydrogen-bond acceptors (Lipinski definition) is 12. The van der Waals surface area contributed by atoms with Gasteiger partial charge in [-0.15, -0.1) is 0 Å².